The predicted molar refractivity (Wildman–Crippen MR) is 112 cm³/mol. The lowest BCUT2D eigenvalue weighted by Gasteiger charge is -2.10. The van der Waals surface area contributed by atoms with E-state index < -0.39 is 17.1 Å². The largest absolute Gasteiger partial charge is 0.332 e. The average Bonchev–Trinajstić information content (AvgIpc) is 3.17. The number of hydrogen-bond donors (Lipinski definition) is 0. The Bertz CT molecular complexity index is 1420. The number of aromatic nitrogens is 6. The topological polar surface area (TPSA) is 79.6 Å². The van der Waals surface area contributed by atoms with E-state index in [9.17, 15) is 14.0 Å². The van der Waals surface area contributed by atoms with Crippen LogP contribution in [-0.4, -0.2) is 28.5 Å². The highest BCUT2D eigenvalue weighted by Crippen LogP contribution is 2.21. The van der Waals surface area contributed by atoms with Crippen LogP contribution in [0.25, 0.3) is 17.1 Å². The lowest BCUT2D eigenvalue weighted by Crippen LogP contribution is -2.40. The van der Waals surface area contributed by atoms with Crippen LogP contribution >= 0.6 is 11.6 Å². The normalized spacial score (nSPS) is 11.6. The first-order valence-corrected chi connectivity index (χ1v) is 9.63. The van der Waals surface area contributed by atoms with Crippen molar-refractivity contribution in [2.45, 2.75) is 27.3 Å². The van der Waals surface area contributed by atoms with Gasteiger partial charge in [0, 0.05) is 30.4 Å². The number of halogens is 2. The van der Waals surface area contributed by atoms with Crippen molar-refractivity contribution < 1.29 is 4.39 Å². The lowest BCUT2D eigenvalue weighted by molar-refractivity contribution is 0.582. The predicted octanol–water partition coefficient (Wildman–Crippen LogP) is 2.39. The molecule has 30 heavy (non-hydrogen) atoms. The molecule has 3 aromatic heterocycles. The lowest BCUT2D eigenvalue weighted by atomic mass is 10.2. The van der Waals surface area contributed by atoms with E-state index >= 15 is 0 Å². The molecule has 0 fully saturated rings. The van der Waals surface area contributed by atoms with Crippen LogP contribution in [0.2, 0.25) is 5.02 Å². The summed E-state index contributed by atoms with van der Waals surface area (Å²) in [5.74, 6) is -0.173. The van der Waals surface area contributed by atoms with Crippen LogP contribution in [0, 0.1) is 26.6 Å². The smallest absolute Gasteiger partial charge is 0.306 e. The second kappa shape index (κ2) is 6.94. The molecule has 4 aromatic rings. The first-order chi connectivity index (χ1) is 14.1. The maximum atomic E-state index is 14.3. The zero-order chi connectivity index (χ0) is 21.9. The zero-order valence-electron chi connectivity index (χ0n) is 17.2. The Morgan fingerprint density at radius 3 is 2.40 bits per heavy atom. The molecule has 0 aliphatic rings. The molecule has 0 aliphatic heterocycles. The van der Waals surface area contributed by atoms with Crippen LogP contribution < -0.4 is 11.2 Å². The summed E-state index contributed by atoms with van der Waals surface area (Å²) in [5.41, 5.74) is 2.08. The molecule has 4 rings (SSSR count). The van der Waals surface area contributed by atoms with E-state index in [2.05, 4.69) is 10.1 Å². The molecule has 3 heterocycles. The van der Waals surface area contributed by atoms with Crippen LogP contribution in [-0.2, 0) is 20.6 Å². The zero-order valence-corrected chi connectivity index (χ0v) is 18.0. The minimum absolute atomic E-state index is 0.0780. The molecule has 0 saturated heterocycles. The summed E-state index contributed by atoms with van der Waals surface area (Å²) in [7, 11) is 3.20. The molecule has 0 aliphatic carbocycles. The van der Waals surface area contributed by atoms with Crippen LogP contribution in [0.5, 0.6) is 0 Å². The number of aryl methyl sites for hydroxylation is 3. The SMILES string of the molecule is Cc1nn(-c2nc3c(c(=O)n(Cc4c(F)cccc4Cl)c(=O)n3C)n2C)c(C)c1C. The summed E-state index contributed by atoms with van der Waals surface area (Å²) in [6.07, 6.45) is 0. The van der Waals surface area contributed by atoms with Gasteiger partial charge in [-0.1, -0.05) is 17.7 Å². The molecule has 0 spiro atoms. The highest BCUT2D eigenvalue weighted by molar-refractivity contribution is 6.31. The van der Waals surface area contributed by atoms with Gasteiger partial charge >= 0.3 is 5.69 Å². The van der Waals surface area contributed by atoms with E-state index in [1.807, 2.05) is 20.8 Å². The molecule has 0 bridgehead atoms. The summed E-state index contributed by atoms with van der Waals surface area (Å²) in [4.78, 5) is 30.7. The van der Waals surface area contributed by atoms with E-state index in [0.717, 1.165) is 21.5 Å². The Hall–Kier alpha value is -3.20. The fraction of sp³-hybridized carbons (Fsp3) is 0.300. The van der Waals surface area contributed by atoms with Gasteiger partial charge < -0.3 is 4.57 Å². The van der Waals surface area contributed by atoms with E-state index in [-0.39, 0.29) is 28.3 Å². The highest BCUT2D eigenvalue weighted by atomic mass is 35.5. The number of rotatable bonds is 3. The average molecular weight is 431 g/mol. The molecule has 10 heteroatoms. The maximum absolute atomic E-state index is 14.3. The third-order valence-electron chi connectivity index (χ3n) is 5.56. The second-order valence-corrected chi connectivity index (χ2v) is 7.69. The molecule has 8 nitrogen and oxygen atoms in total. The molecule has 0 N–H and O–H groups in total. The number of fused-ring (bicyclic) bond motifs is 1. The van der Waals surface area contributed by atoms with Crippen LogP contribution in [0.3, 0.4) is 0 Å². The number of imidazole rings is 1. The molecule has 156 valence electrons. The Kier molecular flexibility index (Phi) is 4.65. The van der Waals surface area contributed by atoms with E-state index in [0.29, 0.717) is 5.95 Å². The molecular weight excluding hydrogens is 411 g/mol. The van der Waals surface area contributed by atoms with E-state index in [4.69, 9.17) is 11.6 Å². The quantitative estimate of drug-likeness (QED) is 0.500. The second-order valence-electron chi connectivity index (χ2n) is 7.28. The van der Waals surface area contributed by atoms with Gasteiger partial charge in [-0.05, 0) is 38.5 Å². The number of nitrogens with zero attached hydrogens (tertiary/aromatic N) is 6. The minimum atomic E-state index is -0.610. The molecule has 0 saturated carbocycles. The molecule has 1 aromatic carbocycles. The standard InChI is InChI=1S/C20H20ClFN6O2/c1-10-11(2)24-28(12(10)3)19-23-17-16(25(19)4)18(29)27(20(30)26(17)5)9-13-14(21)7-6-8-15(13)22/h6-8H,9H2,1-5H3. The van der Waals surface area contributed by atoms with Gasteiger partial charge in [0.1, 0.15) is 5.82 Å². The van der Waals surface area contributed by atoms with Gasteiger partial charge in [-0.2, -0.15) is 10.1 Å². The summed E-state index contributed by atoms with van der Waals surface area (Å²) in [6, 6.07) is 4.22. The van der Waals surface area contributed by atoms with Crippen molar-refractivity contribution in [3.8, 4) is 5.95 Å². The fourth-order valence-corrected chi connectivity index (χ4v) is 3.74. The van der Waals surface area contributed by atoms with Crippen LogP contribution in [0.4, 0.5) is 4.39 Å². The van der Waals surface area contributed by atoms with Crippen LogP contribution in [0.15, 0.2) is 27.8 Å². The van der Waals surface area contributed by atoms with Gasteiger partial charge in [0.15, 0.2) is 11.2 Å². The van der Waals surface area contributed by atoms with Crippen molar-refractivity contribution in [2.24, 2.45) is 14.1 Å². The summed E-state index contributed by atoms with van der Waals surface area (Å²) >= 11 is 6.10. The molecule has 0 amide bonds. The third kappa shape index (κ3) is 2.80. The van der Waals surface area contributed by atoms with E-state index in [1.54, 1.807) is 16.3 Å². The third-order valence-corrected chi connectivity index (χ3v) is 5.91. The van der Waals surface area contributed by atoms with Gasteiger partial charge in [0.25, 0.3) is 5.56 Å². The van der Waals surface area contributed by atoms with Crippen molar-refractivity contribution in [2.75, 3.05) is 0 Å². The van der Waals surface area contributed by atoms with Crippen molar-refractivity contribution >= 4 is 22.8 Å². The molecule has 0 unspecified atom stereocenters. The van der Waals surface area contributed by atoms with Crippen molar-refractivity contribution in [3.63, 3.8) is 0 Å². The number of benzene rings is 1. The maximum Gasteiger partial charge on any atom is 0.332 e. The van der Waals surface area contributed by atoms with E-state index in [1.165, 1.54) is 29.8 Å². The first-order valence-electron chi connectivity index (χ1n) is 9.25. The van der Waals surface area contributed by atoms with Gasteiger partial charge in [-0.25, -0.2) is 13.9 Å². The fourth-order valence-electron chi connectivity index (χ4n) is 3.52. The Morgan fingerprint density at radius 2 is 1.80 bits per heavy atom. The number of hydrogen-bond acceptors (Lipinski definition) is 4. The van der Waals surface area contributed by atoms with Gasteiger partial charge in [0.05, 0.1) is 12.2 Å². The Labute approximate surface area is 175 Å². The van der Waals surface area contributed by atoms with Gasteiger partial charge in [-0.15, -0.1) is 0 Å². The highest BCUT2D eigenvalue weighted by Gasteiger charge is 2.22. The van der Waals surface area contributed by atoms with Crippen molar-refractivity contribution in [3.05, 3.63) is 72.4 Å². The Balaban J connectivity index is 2.00. The summed E-state index contributed by atoms with van der Waals surface area (Å²) < 4.78 is 19.7. The molecule has 0 radical (unpaired) electrons. The monoisotopic (exact) mass is 430 g/mol. The first kappa shape index (κ1) is 20.1. The van der Waals surface area contributed by atoms with Crippen molar-refractivity contribution in [1.82, 2.24) is 28.5 Å². The van der Waals surface area contributed by atoms with Gasteiger partial charge in [-0.3, -0.25) is 13.9 Å². The molecular formula is C20H20ClFN6O2. The van der Waals surface area contributed by atoms with Gasteiger partial charge in [0.2, 0.25) is 5.95 Å². The summed E-state index contributed by atoms with van der Waals surface area (Å²) in [5, 5.41) is 4.65. The van der Waals surface area contributed by atoms with Crippen molar-refractivity contribution in [1.29, 1.82) is 0 Å². The molecule has 0 atom stereocenters. The summed E-state index contributed by atoms with van der Waals surface area (Å²) in [6.45, 7) is 5.47. The minimum Gasteiger partial charge on any atom is -0.306 e. The Morgan fingerprint density at radius 1 is 1.10 bits per heavy atom. The van der Waals surface area contributed by atoms with Crippen LogP contribution in [0.1, 0.15) is 22.5 Å².